The van der Waals surface area contributed by atoms with Crippen molar-refractivity contribution in [2.45, 2.75) is 27.3 Å². The van der Waals surface area contributed by atoms with Crippen LogP contribution in [0.1, 0.15) is 26.5 Å². The van der Waals surface area contributed by atoms with E-state index in [1.807, 2.05) is 12.1 Å². The second-order valence-corrected chi connectivity index (χ2v) is 4.73. The van der Waals surface area contributed by atoms with Crippen LogP contribution >= 0.6 is 0 Å². The smallest absolute Gasteiger partial charge is 0.117 e. The number of rotatable bonds is 11. The molecule has 0 aliphatic rings. The van der Waals surface area contributed by atoms with Crippen molar-refractivity contribution < 1.29 is 4.42 Å². The van der Waals surface area contributed by atoms with Gasteiger partial charge in [-0.2, -0.15) is 0 Å². The van der Waals surface area contributed by atoms with Crippen LogP contribution in [0.5, 0.6) is 0 Å². The van der Waals surface area contributed by atoms with Crippen LogP contribution in [-0.4, -0.2) is 55.6 Å². The lowest BCUT2D eigenvalue weighted by Crippen LogP contribution is -2.36. The number of nitrogens with zero attached hydrogens (tertiary/aromatic N) is 2. The van der Waals surface area contributed by atoms with Crippen molar-refractivity contribution >= 4 is 0 Å². The average molecular weight is 267 g/mol. The molecule has 1 heterocycles. The van der Waals surface area contributed by atoms with Crippen molar-refractivity contribution in [3.05, 3.63) is 24.2 Å². The second-order valence-electron chi connectivity index (χ2n) is 4.73. The van der Waals surface area contributed by atoms with E-state index in [9.17, 15) is 0 Å². The van der Waals surface area contributed by atoms with Crippen molar-refractivity contribution in [2.75, 3.05) is 45.8 Å². The van der Waals surface area contributed by atoms with Gasteiger partial charge in [-0.25, -0.2) is 0 Å². The Kier molecular flexibility index (Phi) is 8.54. The predicted octanol–water partition coefficient (Wildman–Crippen LogP) is 2.03. The first-order valence-corrected chi connectivity index (χ1v) is 7.47. The van der Waals surface area contributed by atoms with Gasteiger partial charge < -0.3 is 14.6 Å². The first-order chi connectivity index (χ1) is 9.30. The van der Waals surface area contributed by atoms with E-state index in [4.69, 9.17) is 4.42 Å². The molecule has 0 bridgehead atoms. The summed E-state index contributed by atoms with van der Waals surface area (Å²) in [5.74, 6) is 1.05. The molecule has 0 aliphatic carbocycles. The third-order valence-corrected chi connectivity index (χ3v) is 3.51. The highest BCUT2D eigenvalue weighted by Gasteiger charge is 2.05. The third kappa shape index (κ3) is 6.76. The molecule has 0 unspecified atom stereocenters. The molecule has 4 nitrogen and oxygen atoms in total. The summed E-state index contributed by atoms with van der Waals surface area (Å²) >= 11 is 0. The maximum absolute atomic E-state index is 5.39. The molecule has 110 valence electrons. The second kappa shape index (κ2) is 10.0. The topological polar surface area (TPSA) is 31.6 Å². The molecule has 0 aromatic carbocycles. The predicted molar refractivity (Wildman–Crippen MR) is 80.3 cm³/mol. The van der Waals surface area contributed by atoms with Crippen molar-refractivity contribution in [1.29, 1.82) is 0 Å². The fourth-order valence-electron chi connectivity index (χ4n) is 2.11. The van der Waals surface area contributed by atoms with Crippen LogP contribution in [0, 0.1) is 0 Å². The molecular formula is C15H29N3O. The lowest BCUT2D eigenvalue weighted by molar-refractivity contribution is 0.251. The molecule has 0 spiro atoms. The molecule has 0 aliphatic heterocycles. The highest BCUT2D eigenvalue weighted by atomic mass is 16.3. The van der Waals surface area contributed by atoms with Crippen LogP contribution in [0.25, 0.3) is 0 Å². The van der Waals surface area contributed by atoms with Crippen molar-refractivity contribution in [3.8, 4) is 0 Å². The summed E-state index contributed by atoms with van der Waals surface area (Å²) in [5.41, 5.74) is 0. The fraction of sp³-hybridized carbons (Fsp3) is 0.733. The maximum atomic E-state index is 5.39. The van der Waals surface area contributed by atoms with Gasteiger partial charge in [-0.15, -0.1) is 0 Å². The standard InChI is InChI=1S/C15H29N3O/c1-4-17(5-2)11-9-16-10-12-18(6-3)14-15-8-7-13-19-15/h7-8,13,16H,4-6,9-12,14H2,1-3H3. The van der Waals surface area contributed by atoms with E-state index in [0.29, 0.717) is 0 Å². The lowest BCUT2D eigenvalue weighted by Gasteiger charge is -2.21. The number of hydrogen-bond donors (Lipinski definition) is 1. The molecule has 0 saturated carbocycles. The minimum Gasteiger partial charge on any atom is -0.468 e. The molecule has 0 fully saturated rings. The highest BCUT2D eigenvalue weighted by Crippen LogP contribution is 2.04. The molecule has 0 amide bonds. The van der Waals surface area contributed by atoms with Gasteiger partial charge in [0.1, 0.15) is 5.76 Å². The van der Waals surface area contributed by atoms with Crippen LogP contribution in [0.3, 0.4) is 0 Å². The molecule has 1 aromatic rings. The molecule has 1 rings (SSSR count). The van der Waals surface area contributed by atoms with Crippen molar-refractivity contribution in [1.82, 2.24) is 15.1 Å². The number of nitrogens with one attached hydrogen (secondary N) is 1. The normalized spacial score (nSPS) is 11.6. The molecule has 1 N–H and O–H groups in total. The van der Waals surface area contributed by atoms with Gasteiger partial charge in [-0.3, -0.25) is 4.90 Å². The maximum Gasteiger partial charge on any atom is 0.117 e. The van der Waals surface area contributed by atoms with Gasteiger partial charge in [0.25, 0.3) is 0 Å². The van der Waals surface area contributed by atoms with E-state index < -0.39 is 0 Å². The quantitative estimate of drug-likeness (QED) is 0.622. The van der Waals surface area contributed by atoms with Gasteiger partial charge in [0, 0.05) is 26.2 Å². The van der Waals surface area contributed by atoms with E-state index in [-0.39, 0.29) is 0 Å². The zero-order valence-corrected chi connectivity index (χ0v) is 12.7. The van der Waals surface area contributed by atoms with E-state index in [1.165, 1.54) is 0 Å². The fourth-order valence-corrected chi connectivity index (χ4v) is 2.11. The minimum absolute atomic E-state index is 0.904. The monoisotopic (exact) mass is 267 g/mol. The summed E-state index contributed by atoms with van der Waals surface area (Å²) in [6.45, 7) is 15.2. The van der Waals surface area contributed by atoms with Crippen LogP contribution in [0.4, 0.5) is 0 Å². The molecule has 0 atom stereocenters. The Hall–Kier alpha value is -0.840. The molecule has 0 saturated heterocycles. The minimum atomic E-state index is 0.904. The Bertz CT molecular complexity index is 296. The van der Waals surface area contributed by atoms with Gasteiger partial charge in [0.15, 0.2) is 0 Å². The molecule has 4 heteroatoms. The highest BCUT2D eigenvalue weighted by molar-refractivity contribution is 4.97. The van der Waals surface area contributed by atoms with Crippen molar-refractivity contribution in [3.63, 3.8) is 0 Å². The van der Waals surface area contributed by atoms with E-state index in [2.05, 4.69) is 35.9 Å². The average Bonchev–Trinajstić information content (AvgIpc) is 2.94. The van der Waals surface area contributed by atoms with Gasteiger partial charge in [-0.05, 0) is 31.8 Å². The largest absolute Gasteiger partial charge is 0.468 e. The molecule has 0 radical (unpaired) electrons. The molecule has 19 heavy (non-hydrogen) atoms. The van der Waals surface area contributed by atoms with Crippen LogP contribution < -0.4 is 5.32 Å². The lowest BCUT2D eigenvalue weighted by atomic mass is 10.4. The van der Waals surface area contributed by atoms with Crippen LogP contribution in [0.15, 0.2) is 22.8 Å². The first-order valence-electron chi connectivity index (χ1n) is 7.47. The van der Waals surface area contributed by atoms with Gasteiger partial charge in [-0.1, -0.05) is 20.8 Å². The van der Waals surface area contributed by atoms with Crippen LogP contribution in [0.2, 0.25) is 0 Å². The van der Waals surface area contributed by atoms with Gasteiger partial charge in [0.2, 0.25) is 0 Å². The SMILES string of the molecule is CCN(CC)CCNCCN(CC)Cc1ccco1. The molecular weight excluding hydrogens is 238 g/mol. The first kappa shape index (κ1) is 16.2. The van der Waals surface area contributed by atoms with E-state index >= 15 is 0 Å². The summed E-state index contributed by atoms with van der Waals surface area (Å²) in [6, 6.07) is 3.99. The van der Waals surface area contributed by atoms with E-state index in [1.54, 1.807) is 6.26 Å². The van der Waals surface area contributed by atoms with Gasteiger partial charge >= 0.3 is 0 Å². The number of furan rings is 1. The Morgan fingerprint density at radius 3 is 2.16 bits per heavy atom. The third-order valence-electron chi connectivity index (χ3n) is 3.51. The Morgan fingerprint density at radius 1 is 1.00 bits per heavy atom. The van der Waals surface area contributed by atoms with Crippen molar-refractivity contribution in [2.24, 2.45) is 0 Å². The Morgan fingerprint density at radius 2 is 1.63 bits per heavy atom. The number of hydrogen-bond acceptors (Lipinski definition) is 4. The zero-order valence-electron chi connectivity index (χ0n) is 12.7. The number of likely N-dealkylation sites (N-methyl/N-ethyl adjacent to an activating group) is 2. The summed E-state index contributed by atoms with van der Waals surface area (Å²) in [4.78, 5) is 4.83. The van der Waals surface area contributed by atoms with Gasteiger partial charge in [0.05, 0.1) is 12.8 Å². The van der Waals surface area contributed by atoms with E-state index in [0.717, 1.165) is 58.1 Å². The summed E-state index contributed by atoms with van der Waals surface area (Å²) in [7, 11) is 0. The Balaban J connectivity index is 2.09. The zero-order chi connectivity index (χ0) is 13.9. The van der Waals surface area contributed by atoms with Crippen LogP contribution in [-0.2, 0) is 6.54 Å². The molecule has 1 aromatic heterocycles. The summed E-state index contributed by atoms with van der Waals surface area (Å²) < 4.78 is 5.39. The summed E-state index contributed by atoms with van der Waals surface area (Å²) in [6.07, 6.45) is 1.74. The summed E-state index contributed by atoms with van der Waals surface area (Å²) in [5, 5.41) is 3.51. The Labute approximate surface area is 117 Å².